The molecule has 122 valence electrons. The summed E-state index contributed by atoms with van der Waals surface area (Å²) >= 11 is 0. The first-order valence-electron chi connectivity index (χ1n) is 8.52. The SMILES string of the molecule is [B]c1ccc(N(c2ccccc2)c2ccc(-c3ccncc3)cc2)cc1. The Bertz CT molecular complexity index is 966. The third kappa shape index (κ3) is 3.38. The molecule has 26 heavy (non-hydrogen) atoms. The minimum Gasteiger partial charge on any atom is -0.311 e. The van der Waals surface area contributed by atoms with Crippen LogP contribution in [-0.4, -0.2) is 12.8 Å². The maximum atomic E-state index is 5.86. The summed E-state index contributed by atoms with van der Waals surface area (Å²) in [7, 11) is 5.86. The van der Waals surface area contributed by atoms with Gasteiger partial charge in [-0.1, -0.05) is 47.9 Å². The van der Waals surface area contributed by atoms with Crippen LogP contribution in [0, 0.1) is 0 Å². The molecule has 2 nitrogen and oxygen atoms in total. The lowest BCUT2D eigenvalue weighted by molar-refractivity contribution is 1.28. The van der Waals surface area contributed by atoms with Gasteiger partial charge in [-0.2, -0.15) is 0 Å². The number of hydrogen-bond donors (Lipinski definition) is 0. The third-order valence-corrected chi connectivity index (χ3v) is 4.30. The monoisotopic (exact) mass is 332 g/mol. The first-order valence-corrected chi connectivity index (χ1v) is 8.52. The summed E-state index contributed by atoms with van der Waals surface area (Å²) in [6, 6.07) is 30.8. The van der Waals surface area contributed by atoms with Gasteiger partial charge in [0.2, 0.25) is 0 Å². The van der Waals surface area contributed by atoms with Gasteiger partial charge in [0.1, 0.15) is 7.85 Å². The van der Waals surface area contributed by atoms with Gasteiger partial charge in [0.15, 0.2) is 0 Å². The molecule has 1 aromatic heterocycles. The second-order valence-corrected chi connectivity index (χ2v) is 6.05. The van der Waals surface area contributed by atoms with E-state index in [9.17, 15) is 0 Å². The molecule has 3 aromatic carbocycles. The van der Waals surface area contributed by atoms with E-state index in [1.807, 2.05) is 67.0 Å². The van der Waals surface area contributed by atoms with Crippen LogP contribution >= 0.6 is 0 Å². The van der Waals surface area contributed by atoms with Crippen LogP contribution in [0.25, 0.3) is 11.1 Å². The zero-order valence-electron chi connectivity index (χ0n) is 14.3. The van der Waals surface area contributed by atoms with E-state index in [2.05, 4.69) is 46.3 Å². The summed E-state index contributed by atoms with van der Waals surface area (Å²) in [6.07, 6.45) is 3.63. The molecule has 0 aliphatic heterocycles. The summed E-state index contributed by atoms with van der Waals surface area (Å²) in [5, 5.41) is 0. The lowest BCUT2D eigenvalue weighted by atomic mass is 9.96. The highest BCUT2D eigenvalue weighted by molar-refractivity contribution is 6.32. The van der Waals surface area contributed by atoms with Crippen LogP contribution in [-0.2, 0) is 0 Å². The van der Waals surface area contributed by atoms with Crippen LogP contribution in [0.3, 0.4) is 0 Å². The second kappa shape index (κ2) is 7.28. The molecule has 0 bridgehead atoms. The summed E-state index contributed by atoms with van der Waals surface area (Å²) in [6.45, 7) is 0. The van der Waals surface area contributed by atoms with Gasteiger partial charge in [-0.05, 0) is 59.7 Å². The van der Waals surface area contributed by atoms with Gasteiger partial charge in [0.05, 0.1) is 0 Å². The van der Waals surface area contributed by atoms with Crippen LogP contribution < -0.4 is 10.4 Å². The molecule has 1 heterocycles. The van der Waals surface area contributed by atoms with E-state index < -0.39 is 0 Å². The quantitative estimate of drug-likeness (QED) is 0.488. The third-order valence-electron chi connectivity index (χ3n) is 4.30. The summed E-state index contributed by atoms with van der Waals surface area (Å²) in [5.74, 6) is 0. The van der Waals surface area contributed by atoms with Gasteiger partial charge in [-0.15, -0.1) is 0 Å². The minimum absolute atomic E-state index is 0.759. The fourth-order valence-electron chi connectivity index (χ4n) is 2.99. The van der Waals surface area contributed by atoms with Gasteiger partial charge >= 0.3 is 0 Å². The average molecular weight is 332 g/mol. The zero-order chi connectivity index (χ0) is 17.8. The minimum atomic E-state index is 0.759. The predicted octanol–water partition coefficient (Wildman–Crippen LogP) is 5.01. The standard InChI is InChI=1S/C23H17BN2/c24-20-8-12-23(13-9-20)26(21-4-2-1-3-5-21)22-10-6-18(7-11-22)19-14-16-25-17-15-19/h1-17H. The number of nitrogens with zero attached hydrogens (tertiary/aromatic N) is 2. The van der Waals surface area contributed by atoms with Crippen molar-refractivity contribution < 1.29 is 0 Å². The molecule has 0 saturated carbocycles. The van der Waals surface area contributed by atoms with E-state index in [0.717, 1.165) is 28.1 Å². The number of aromatic nitrogens is 1. The van der Waals surface area contributed by atoms with Crippen LogP contribution in [0.2, 0.25) is 0 Å². The van der Waals surface area contributed by atoms with Crippen LogP contribution in [0.4, 0.5) is 17.1 Å². The Labute approximate surface area is 155 Å². The molecule has 0 N–H and O–H groups in total. The number of rotatable bonds is 4. The van der Waals surface area contributed by atoms with Crippen molar-refractivity contribution >= 4 is 30.4 Å². The molecular formula is C23H17BN2. The molecule has 2 radical (unpaired) electrons. The summed E-state index contributed by atoms with van der Waals surface area (Å²) in [4.78, 5) is 6.30. The highest BCUT2D eigenvalue weighted by atomic mass is 15.1. The summed E-state index contributed by atoms with van der Waals surface area (Å²) in [5.41, 5.74) is 6.36. The fraction of sp³-hybridized carbons (Fsp3) is 0. The maximum absolute atomic E-state index is 5.86. The summed E-state index contributed by atoms with van der Waals surface area (Å²) < 4.78 is 0. The lowest BCUT2D eigenvalue weighted by Crippen LogP contribution is -2.11. The topological polar surface area (TPSA) is 16.1 Å². The molecule has 0 atom stereocenters. The Balaban J connectivity index is 1.76. The van der Waals surface area contributed by atoms with Gasteiger partial charge in [0.25, 0.3) is 0 Å². The Morgan fingerprint density at radius 3 is 1.65 bits per heavy atom. The molecule has 0 unspecified atom stereocenters. The Morgan fingerprint density at radius 1 is 0.538 bits per heavy atom. The Kier molecular flexibility index (Phi) is 4.52. The first kappa shape index (κ1) is 16.2. The fourth-order valence-corrected chi connectivity index (χ4v) is 2.99. The molecule has 0 spiro atoms. The smallest absolute Gasteiger partial charge is 0.113 e. The average Bonchev–Trinajstić information content (AvgIpc) is 2.72. The molecule has 0 aliphatic carbocycles. The van der Waals surface area contributed by atoms with Crippen molar-refractivity contribution in [2.75, 3.05) is 4.90 Å². The van der Waals surface area contributed by atoms with Gasteiger partial charge in [-0.3, -0.25) is 4.98 Å². The molecule has 3 heteroatoms. The first-order chi connectivity index (χ1) is 12.8. The molecule has 0 amide bonds. The molecule has 0 aliphatic rings. The van der Waals surface area contributed by atoms with Crippen molar-refractivity contribution in [3.8, 4) is 11.1 Å². The molecular weight excluding hydrogens is 315 g/mol. The van der Waals surface area contributed by atoms with Crippen LogP contribution in [0.15, 0.2) is 103 Å². The molecule has 0 fully saturated rings. The number of pyridine rings is 1. The zero-order valence-corrected chi connectivity index (χ0v) is 14.3. The largest absolute Gasteiger partial charge is 0.311 e. The molecule has 4 aromatic rings. The van der Waals surface area contributed by atoms with Crippen LogP contribution in [0.5, 0.6) is 0 Å². The molecule has 0 saturated heterocycles. The van der Waals surface area contributed by atoms with E-state index >= 15 is 0 Å². The van der Waals surface area contributed by atoms with Crippen LogP contribution in [0.1, 0.15) is 0 Å². The number of anilines is 3. The van der Waals surface area contributed by atoms with E-state index in [4.69, 9.17) is 7.85 Å². The van der Waals surface area contributed by atoms with Gasteiger partial charge in [0, 0.05) is 29.5 Å². The molecule has 4 rings (SSSR count). The van der Waals surface area contributed by atoms with E-state index in [-0.39, 0.29) is 0 Å². The van der Waals surface area contributed by atoms with Crippen molar-refractivity contribution in [1.82, 2.24) is 4.98 Å². The maximum Gasteiger partial charge on any atom is 0.113 e. The Hall–Kier alpha value is -3.33. The number of para-hydroxylation sites is 1. The number of hydrogen-bond acceptors (Lipinski definition) is 2. The Morgan fingerprint density at radius 2 is 1.04 bits per heavy atom. The van der Waals surface area contributed by atoms with Crippen molar-refractivity contribution in [3.63, 3.8) is 0 Å². The van der Waals surface area contributed by atoms with Crippen molar-refractivity contribution in [3.05, 3.63) is 103 Å². The van der Waals surface area contributed by atoms with Crippen molar-refractivity contribution in [2.45, 2.75) is 0 Å². The van der Waals surface area contributed by atoms with Gasteiger partial charge < -0.3 is 4.90 Å². The van der Waals surface area contributed by atoms with Gasteiger partial charge in [-0.25, -0.2) is 0 Å². The van der Waals surface area contributed by atoms with E-state index in [1.165, 1.54) is 5.56 Å². The second-order valence-electron chi connectivity index (χ2n) is 6.05. The predicted molar refractivity (Wildman–Crippen MR) is 110 cm³/mol. The van der Waals surface area contributed by atoms with Crippen molar-refractivity contribution in [2.24, 2.45) is 0 Å². The van der Waals surface area contributed by atoms with E-state index in [1.54, 1.807) is 0 Å². The van der Waals surface area contributed by atoms with E-state index in [0.29, 0.717) is 0 Å². The number of benzene rings is 3. The highest BCUT2D eigenvalue weighted by Crippen LogP contribution is 2.34. The lowest BCUT2D eigenvalue weighted by Gasteiger charge is -2.25. The van der Waals surface area contributed by atoms with Crippen molar-refractivity contribution in [1.29, 1.82) is 0 Å². The normalized spacial score (nSPS) is 10.5. The highest BCUT2D eigenvalue weighted by Gasteiger charge is 2.12.